The summed E-state index contributed by atoms with van der Waals surface area (Å²) >= 11 is 0. The van der Waals surface area contributed by atoms with Gasteiger partial charge in [-0.3, -0.25) is 18.7 Å². The van der Waals surface area contributed by atoms with Crippen LogP contribution in [0.1, 0.15) is 24.2 Å². The fourth-order valence-electron chi connectivity index (χ4n) is 3.25. The second kappa shape index (κ2) is 8.12. The SMILES string of the molecule is CCN(CC)C(=O)c1ccc(NC(=O)Cn2c(=O)n(C)c3ccccc32)cc1. The Morgan fingerprint density at radius 2 is 1.57 bits per heavy atom. The van der Waals surface area contributed by atoms with Crippen molar-refractivity contribution in [3.05, 3.63) is 64.6 Å². The van der Waals surface area contributed by atoms with Gasteiger partial charge in [0.2, 0.25) is 5.91 Å². The first-order valence-electron chi connectivity index (χ1n) is 9.29. The van der Waals surface area contributed by atoms with E-state index in [1.807, 2.05) is 38.1 Å². The van der Waals surface area contributed by atoms with Gasteiger partial charge >= 0.3 is 5.69 Å². The largest absolute Gasteiger partial charge is 0.339 e. The molecule has 0 radical (unpaired) electrons. The fourth-order valence-corrected chi connectivity index (χ4v) is 3.25. The van der Waals surface area contributed by atoms with Crippen molar-refractivity contribution in [3.8, 4) is 0 Å². The van der Waals surface area contributed by atoms with Gasteiger partial charge in [0, 0.05) is 31.4 Å². The van der Waals surface area contributed by atoms with E-state index in [-0.39, 0.29) is 24.0 Å². The van der Waals surface area contributed by atoms with Crippen LogP contribution >= 0.6 is 0 Å². The molecule has 0 unspecified atom stereocenters. The molecule has 0 saturated heterocycles. The number of anilines is 1. The Hall–Kier alpha value is -3.35. The number of carbonyl (C=O) groups excluding carboxylic acids is 2. The first-order chi connectivity index (χ1) is 13.5. The number of para-hydroxylation sites is 2. The highest BCUT2D eigenvalue weighted by Gasteiger charge is 2.14. The molecule has 28 heavy (non-hydrogen) atoms. The van der Waals surface area contributed by atoms with Crippen molar-refractivity contribution >= 4 is 28.5 Å². The van der Waals surface area contributed by atoms with E-state index in [0.29, 0.717) is 29.9 Å². The van der Waals surface area contributed by atoms with Crippen molar-refractivity contribution in [3.63, 3.8) is 0 Å². The Bertz CT molecular complexity index is 1060. The third-order valence-electron chi connectivity index (χ3n) is 4.82. The summed E-state index contributed by atoms with van der Waals surface area (Å²) in [4.78, 5) is 39.0. The minimum atomic E-state index is -0.304. The third-order valence-corrected chi connectivity index (χ3v) is 4.82. The number of rotatable bonds is 6. The Morgan fingerprint density at radius 1 is 0.964 bits per heavy atom. The number of nitrogens with zero attached hydrogens (tertiary/aromatic N) is 3. The fraction of sp³-hybridized carbons (Fsp3) is 0.286. The summed E-state index contributed by atoms with van der Waals surface area (Å²) in [5, 5.41) is 2.78. The van der Waals surface area contributed by atoms with Crippen LogP contribution in [0.4, 0.5) is 5.69 Å². The first-order valence-corrected chi connectivity index (χ1v) is 9.29. The van der Waals surface area contributed by atoms with Crippen LogP contribution in [-0.4, -0.2) is 38.9 Å². The summed E-state index contributed by atoms with van der Waals surface area (Å²) in [6, 6.07) is 14.1. The predicted molar refractivity (Wildman–Crippen MR) is 110 cm³/mol. The van der Waals surface area contributed by atoms with Gasteiger partial charge in [0.15, 0.2) is 0 Å². The molecule has 146 valence electrons. The zero-order valence-corrected chi connectivity index (χ0v) is 16.3. The standard InChI is InChI=1S/C21H24N4O3/c1-4-24(5-2)20(27)15-10-12-16(13-11-15)22-19(26)14-25-18-9-7-6-8-17(18)23(3)21(25)28/h6-13H,4-5,14H2,1-3H3,(H,22,26). The number of benzene rings is 2. The van der Waals surface area contributed by atoms with E-state index in [1.165, 1.54) is 9.13 Å². The Balaban J connectivity index is 1.73. The molecule has 0 bridgehead atoms. The van der Waals surface area contributed by atoms with E-state index in [4.69, 9.17) is 0 Å². The highest BCUT2D eigenvalue weighted by atomic mass is 16.2. The van der Waals surface area contributed by atoms with Crippen molar-refractivity contribution in [2.45, 2.75) is 20.4 Å². The number of aromatic nitrogens is 2. The van der Waals surface area contributed by atoms with Crippen LogP contribution in [0, 0.1) is 0 Å². The van der Waals surface area contributed by atoms with Crippen LogP contribution in [0.2, 0.25) is 0 Å². The van der Waals surface area contributed by atoms with Gasteiger partial charge in [0.05, 0.1) is 11.0 Å². The van der Waals surface area contributed by atoms with E-state index in [0.717, 1.165) is 5.52 Å². The van der Waals surface area contributed by atoms with Crippen LogP contribution in [0.25, 0.3) is 11.0 Å². The van der Waals surface area contributed by atoms with Gasteiger partial charge in [-0.15, -0.1) is 0 Å². The molecule has 0 atom stereocenters. The lowest BCUT2D eigenvalue weighted by atomic mass is 10.1. The smallest absolute Gasteiger partial charge is 0.329 e. The molecule has 0 aliphatic rings. The zero-order chi connectivity index (χ0) is 20.3. The summed E-state index contributed by atoms with van der Waals surface area (Å²) in [7, 11) is 1.69. The molecule has 0 aliphatic carbocycles. The van der Waals surface area contributed by atoms with Crippen molar-refractivity contribution < 1.29 is 9.59 Å². The number of amides is 2. The van der Waals surface area contributed by atoms with Crippen LogP contribution in [-0.2, 0) is 18.4 Å². The van der Waals surface area contributed by atoms with E-state index in [9.17, 15) is 14.4 Å². The molecule has 1 N–H and O–H groups in total. The number of fused-ring (bicyclic) bond motifs is 1. The first kappa shape index (κ1) is 19.4. The number of aryl methyl sites for hydroxylation is 1. The maximum absolute atomic E-state index is 12.5. The molecule has 0 saturated carbocycles. The molecule has 2 aromatic carbocycles. The second-order valence-corrected chi connectivity index (χ2v) is 6.52. The average Bonchev–Trinajstić information content (AvgIpc) is 2.94. The molecule has 1 aromatic heterocycles. The number of imidazole rings is 1. The molecular weight excluding hydrogens is 356 g/mol. The number of hydrogen-bond acceptors (Lipinski definition) is 3. The zero-order valence-electron chi connectivity index (χ0n) is 16.3. The van der Waals surface area contributed by atoms with Gasteiger partial charge in [0.1, 0.15) is 6.54 Å². The molecule has 0 fully saturated rings. The Kier molecular flexibility index (Phi) is 5.63. The van der Waals surface area contributed by atoms with Crippen LogP contribution in [0.15, 0.2) is 53.3 Å². The monoisotopic (exact) mass is 380 g/mol. The summed E-state index contributed by atoms with van der Waals surface area (Å²) < 4.78 is 2.97. The molecule has 3 rings (SSSR count). The molecule has 0 aliphatic heterocycles. The molecular formula is C21H24N4O3. The van der Waals surface area contributed by atoms with Gasteiger partial charge < -0.3 is 10.2 Å². The number of carbonyl (C=O) groups is 2. The summed E-state index contributed by atoms with van der Waals surface area (Å²) in [6.07, 6.45) is 0. The van der Waals surface area contributed by atoms with E-state index < -0.39 is 0 Å². The topological polar surface area (TPSA) is 76.3 Å². The molecule has 3 aromatic rings. The van der Waals surface area contributed by atoms with Crippen molar-refractivity contribution in [1.29, 1.82) is 0 Å². The Labute approximate surface area is 163 Å². The van der Waals surface area contributed by atoms with E-state index in [2.05, 4.69) is 5.32 Å². The van der Waals surface area contributed by atoms with Crippen molar-refractivity contribution in [1.82, 2.24) is 14.0 Å². The maximum atomic E-state index is 12.5. The van der Waals surface area contributed by atoms with Crippen molar-refractivity contribution in [2.75, 3.05) is 18.4 Å². The Morgan fingerprint density at radius 3 is 2.18 bits per heavy atom. The van der Waals surface area contributed by atoms with Crippen LogP contribution in [0.3, 0.4) is 0 Å². The van der Waals surface area contributed by atoms with Crippen LogP contribution in [0.5, 0.6) is 0 Å². The summed E-state index contributed by atoms with van der Waals surface area (Å²) in [5.41, 5.74) is 2.41. The van der Waals surface area contributed by atoms with Crippen molar-refractivity contribution in [2.24, 2.45) is 7.05 Å². The maximum Gasteiger partial charge on any atom is 0.329 e. The minimum absolute atomic E-state index is 0.0369. The quantitative estimate of drug-likeness (QED) is 0.714. The lowest BCUT2D eigenvalue weighted by Crippen LogP contribution is -2.30. The van der Waals surface area contributed by atoms with E-state index >= 15 is 0 Å². The summed E-state index contributed by atoms with van der Waals surface area (Å²) in [5.74, 6) is -0.341. The third kappa shape index (κ3) is 3.69. The second-order valence-electron chi connectivity index (χ2n) is 6.52. The molecule has 0 spiro atoms. The van der Waals surface area contributed by atoms with Gasteiger partial charge in [-0.1, -0.05) is 12.1 Å². The highest BCUT2D eigenvalue weighted by molar-refractivity contribution is 5.96. The predicted octanol–water partition coefficient (Wildman–Crippen LogP) is 2.46. The molecule has 7 heteroatoms. The average molecular weight is 380 g/mol. The van der Waals surface area contributed by atoms with E-state index in [1.54, 1.807) is 36.2 Å². The number of hydrogen-bond donors (Lipinski definition) is 1. The molecule has 1 heterocycles. The lowest BCUT2D eigenvalue weighted by Gasteiger charge is -2.18. The van der Waals surface area contributed by atoms with Gasteiger partial charge in [-0.05, 0) is 50.2 Å². The highest BCUT2D eigenvalue weighted by Crippen LogP contribution is 2.14. The van der Waals surface area contributed by atoms with Gasteiger partial charge in [0.25, 0.3) is 5.91 Å². The minimum Gasteiger partial charge on any atom is -0.339 e. The number of nitrogens with one attached hydrogen (secondary N) is 1. The van der Waals surface area contributed by atoms with Gasteiger partial charge in [-0.25, -0.2) is 4.79 Å². The molecule has 2 amide bonds. The van der Waals surface area contributed by atoms with Crippen LogP contribution < -0.4 is 11.0 Å². The normalized spacial score (nSPS) is 10.8. The summed E-state index contributed by atoms with van der Waals surface area (Å²) in [6.45, 7) is 5.08. The van der Waals surface area contributed by atoms with Gasteiger partial charge in [-0.2, -0.15) is 0 Å². The molecule has 7 nitrogen and oxygen atoms in total. The lowest BCUT2D eigenvalue weighted by molar-refractivity contribution is -0.116.